The number of nitrogens with two attached hydrogens (primary N) is 2. The molecular formula is C28H52N2O11. The Hall–Kier alpha value is -1.62. The molecule has 0 saturated carbocycles. The quantitative estimate of drug-likeness (QED) is 0.0873. The first-order valence-corrected chi connectivity index (χ1v) is 14.3. The molecule has 1 rings (SSSR count). The monoisotopic (exact) mass is 592 g/mol. The molecule has 0 aliphatic heterocycles. The molecule has 41 heavy (non-hydrogen) atoms. The molecule has 13 heteroatoms. The van der Waals surface area contributed by atoms with E-state index in [2.05, 4.69) is 0 Å². The molecule has 1 aromatic rings. The average Bonchev–Trinajstić information content (AvgIpc) is 2.98. The summed E-state index contributed by atoms with van der Waals surface area (Å²) >= 11 is 0. The third kappa shape index (κ3) is 27.0. The topological polar surface area (TPSA) is 154 Å². The molecule has 0 aliphatic carbocycles. The Morgan fingerprint density at radius 1 is 0.366 bits per heavy atom. The van der Waals surface area contributed by atoms with E-state index in [1.807, 2.05) is 18.2 Å². The SMILES string of the molecule is NCCOCCOCCOCCOCCOCCOCCOCCOCCOCCOCCOc1ccccc1N. The highest BCUT2D eigenvalue weighted by atomic mass is 16.6. The van der Waals surface area contributed by atoms with Crippen LogP contribution in [0.3, 0.4) is 0 Å². The molecule has 0 amide bonds. The highest BCUT2D eigenvalue weighted by Gasteiger charge is 1.99. The molecule has 240 valence electrons. The van der Waals surface area contributed by atoms with Gasteiger partial charge in [-0.3, -0.25) is 0 Å². The Labute approximate surface area is 244 Å². The smallest absolute Gasteiger partial charge is 0.142 e. The van der Waals surface area contributed by atoms with Crippen LogP contribution in [0, 0.1) is 0 Å². The molecule has 0 fully saturated rings. The Balaban J connectivity index is 1.64. The Morgan fingerprint density at radius 3 is 0.927 bits per heavy atom. The van der Waals surface area contributed by atoms with Crippen molar-refractivity contribution in [3.8, 4) is 5.75 Å². The van der Waals surface area contributed by atoms with Crippen LogP contribution in [0.2, 0.25) is 0 Å². The number of para-hydroxylation sites is 2. The summed E-state index contributed by atoms with van der Waals surface area (Å²) in [7, 11) is 0. The summed E-state index contributed by atoms with van der Waals surface area (Å²) in [6.45, 7) is 11.3. The molecule has 0 unspecified atom stereocenters. The van der Waals surface area contributed by atoms with Gasteiger partial charge in [0.25, 0.3) is 0 Å². The first kappa shape index (κ1) is 37.4. The van der Waals surface area contributed by atoms with E-state index >= 15 is 0 Å². The highest BCUT2D eigenvalue weighted by Crippen LogP contribution is 2.19. The number of rotatable bonds is 33. The lowest BCUT2D eigenvalue weighted by Gasteiger charge is -2.09. The van der Waals surface area contributed by atoms with Gasteiger partial charge in [-0.1, -0.05) is 12.1 Å². The number of nitrogen functional groups attached to an aromatic ring is 1. The lowest BCUT2D eigenvalue weighted by molar-refractivity contribution is -0.0266. The molecule has 1 aromatic carbocycles. The van der Waals surface area contributed by atoms with Crippen LogP contribution >= 0.6 is 0 Å². The molecule has 0 atom stereocenters. The Kier molecular flexibility index (Phi) is 28.6. The molecule has 0 spiro atoms. The predicted molar refractivity (Wildman–Crippen MR) is 154 cm³/mol. The van der Waals surface area contributed by atoms with Gasteiger partial charge in [0.05, 0.1) is 138 Å². The summed E-state index contributed by atoms with van der Waals surface area (Å²) in [6, 6.07) is 7.38. The van der Waals surface area contributed by atoms with Crippen molar-refractivity contribution in [2.45, 2.75) is 0 Å². The van der Waals surface area contributed by atoms with E-state index < -0.39 is 0 Å². The van der Waals surface area contributed by atoms with E-state index in [0.29, 0.717) is 157 Å². The first-order valence-electron chi connectivity index (χ1n) is 14.3. The second-order valence-corrected chi connectivity index (χ2v) is 8.30. The molecule has 0 aliphatic rings. The van der Waals surface area contributed by atoms with Crippen LogP contribution in [0.25, 0.3) is 0 Å². The van der Waals surface area contributed by atoms with Crippen molar-refractivity contribution >= 4 is 5.69 Å². The fraction of sp³-hybridized carbons (Fsp3) is 0.786. The molecule has 0 aromatic heterocycles. The number of ether oxygens (including phenoxy) is 11. The van der Waals surface area contributed by atoms with Crippen LogP contribution < -0.4 is 16.2 Å². The number of anilines is 1. The summed E-state index contributed by atoms with van der Waals surface area (Å²) in [6.07, 6.45) is 0. The average molecular weight is 593 g/mol. The fourth-order valence-corrected chi connectivity index (χ4v) is 2.99. The van der Waals surface area contributed by atoms with E-state index in [1.54, 1.807) is 6.07 Å². The van der Waals surface area contributed by atoms with Crippen molar-refractivity contribution in [2.24, 2.45) is 5.73 Å². The summed E-state index contributed by atoms with van der Waals surface area (Å²) in [5, 5.41) is 0. The zero-order chi connectivity index (χ0) is 29.3. The zero-order valence-electron chi connectivity index (χ0n) is 24.5. The van der Waals surface area contributed by atoms with Crippen LogP contribution in [-0.4, -0.2) is 145 Å². The van der Waals surface area contributed by atoms with E-state index in [0.717, 1.165) is 0 Å². The van der Waals surface area contributed by atoms with Gasteiger partial charge < -0.3 is 63.6 Å². The fourth-order valence-electron chi connectivity index (χ4n) is 2.99. The Bertz CT molecular complexity index is 661. The molecule has 0 saturated heterocycles. The van der Waals surface area contributed by atoms with Crippen molar-refractivity contribution in [1.29, 1.82) is 0 Å². The minimum Gasteiger partial charge on any atom is -0.489 e. The van der Waals surface area contributed by atoms with E-state index in [9.17, 15) is 0 Å². The van der Waals surface area contributed by atoms with Gasteiger partial charge >= 0.3 is 0 Å². The molecule has 0 radical (unpaired) electrons. The second-order valence-electron chi connectivity index (χ2n) is 8.30. The van der Waals surface area contributed by atoms with Crippen molar-refractivity contribution in [1.82, 2.24) is 0 Å². The van der Waals surface area contributed by atoms with Gasteiger partial charge in [-0.15, -0.1) is 0 Å². The van der Waals surface area contributed by atoms with Gasteiger partial charge in [-0.25, -0.2) is 0 Å². The van der Waals surface area contributed by atoms with E-state index in [1.165, 1.54) is 0 Å². The number of benzene rings is 1. The largest absolute Gasteiger partial charge is 0.489 e. The maximum absolute atomic E-state index is 5.81. The summed E-state index contributed by atoms with van der Waals surface area (Å²) in [5.41, 5.74) is 11.8. The first-order chi connectivity index (χ1) is 20.3. The highest BCUT2D eigenvalue weighted by molar-refractivity contribution is 5.51. The van der Waals surface area contributed by atoms with E-state index in [-0.39, 0.29) is 0 Å². The van der Waals surface area contributed by atoms with Gasteiger partial charge in [0, 0.05) is 6.54 Å². The van der Waals surface area contributed by atoms with Gasteiger partial charge in [0.2, 0.25) is 0 Å². The zero-order valence-corrected chi connectivity index (χ0v) is 24.5. The second kappa shape index (κ2) is 31.3. The lowest BCUT2D eigenvalue weighted by Crippen LogP contribution is -2.15. The maximum atomic E-state index is 5.81. The summed E-state index contributed by atoms with van der Waals surface area (Å²) in [5.74, 6) is 0.669. The Morgan fingerprint density at radius 2 is 0.634 bits per heavy atom. The maximum Gasteiger partial charge on any atom is 0.142 e. The molecule has 0 heterocycles. The minimum absolute atomic E-state index is 0.439. The number of hydrogen-bond donors (Lipinski definition) is 2. The van der Waals surface area contributed by atoms with Gasteiger partial charge in [-0.05, 0) is 12.1 Å². The van der Waals surface area contributed by atoms with Crippen molar-refractivity contribution in [2.75, 3.05) is 151 Å². The third-order valence-corrected chi connectivity index (χ3v) is 5.01. The van der Waals surface area contributed by atoms with Gasteiger partial charge in [-0.2, -0.15) is 0 Å². The molecular weight excluding hydrogens is 540 g/mol. The normalized spacial score (nSPS) is 11.3. The van der Waals surface area contributed by atoms with Crippen LogP contribution in [0.4, 0.5) is 5.69 Å². The van der Waals surface area contributed by atoms with Crippen LogP contribution in [0.1, 0.15) is 0 Å². The molecule has 13 nitrogen and oxygen atoms in total. The van der Waals surface area contributed by atoms with Gasteiger partial charge in [0.15, 0.2) is 0 Å². The standard InChI is InChI=1S/C28H52N2O11/c29-5-6-31-7-8-32-9-10-33-11-12-34-13-14-35-15-16-36-17-18-37-19-20-38-21-22-39-23-24-40-25-26-41-28-4-2-1-3-27(28)30/h1-4H,5-26,29-30H2. The predicted octanol–water partition coefficient (Wildman–Crippen LogP) is 0.772. The molecule has 4 N–H and O–H groups in total. The van der Waals surface area contributed by atoms with Crippen molar-refractivity contribution in [3.05, 3.63) is 24.3 Å². The lowest BCUT2D eigenvalue weighted by atomic mass is 10.3. The van der Waals surface area contributed by atoms with Gasteiger partial charge in [0.1, 0.15) is 12.4 Å². The van der Waals surface area contributed by atoms with Crippen LogP contribution in [0.15, 0.2) is 24.3 Å². The molecule has 0 bridgehead atoms. The summed E-state index contributed by atoms with van der Waals surface area (Å²) < 4.78 is 59.8. The third-order valence-electron chi connectivity index (χ3n) is 5.01. The van der Waals surface area contributed by atoms with Crippen LogP contribution in [0.5, 0.6) is 5.75 Å². The van der Waals surface area contributed by atoms with Crippen LogP contribution in [-0.2, 0) is 47.4 Å². The van der Waals surface area contributed by atoms with Crippen molar-refractivity contribution in [3.63, 3.8) is 0 Å². The summed E-state index contributed by atoms with van der Waals surface area (Å²) in [4.78, 5) is 0. The number of hydrogen-bond acceptors (Lipinski definition) is 13. The van der Waals surface area contributed by atoms with Crippen molar-refractivity contribution < 1.29 is 52.1 Å². The minimum atomic E-state index is 0.439. The van der Waals surface area contributed by atoms with E-state index in [4.69, 9.17) is 63.6 Å².